The average Bonchev–Trinajstić information content (AvgIpc) is 3.47. The summed E-state index contributed by atoms with van der Waals surface area (Å²) >= 11 is 6.82. The summed E-state index contributed by atoms with van der Waals surface area (Å²) in [5.74, 6) is -0.513. The van der Waals surface area contributed by atoms with Crippen molar-refractivity contribution < 1.29 is 14.3 Å². The Morgan fingerprint density at radius 1 is 1.24 bits per heavy atom. The van der Waals surface area contributed by atoms with Crippen LogP contribution in [-0.2, 0) is 0 Å². The van der Waals surface area contributed by atoms with E-state index in [1.807, 2.05) is 0 Å². The van der Waals surface area contributed by atoms with Crippen LogP contribution in [0.1, 0.15) is 23.2 Å². The van der Waals surface area contributed by atoms with E-state index in [1.54, 1.807) is 41.7 Å². The Bertz CT molecular complexity index is 1370. The lowest BCUT2D eigenvalue weighted by molar-refractivity contribution is 0.0678. The Morgan fingerprint density at radius 3 is 2.88 bits per heavy atom. The molecule has 4 aromatic rings. The lowest BCUT2D eigenvalue weighted by atomic mass is 10.0. The Hall–Kier alpha value is -3.49. The van der Waals surface area contributed by atoms with Gasteiger partial charge in [0, 0.05) is 47.2 Å². The topological polar surface area (TPSA) is 108 Å². The summed E-state index contributed by atoms with van der Waals surface area (Å²) < 4.78 is 13.8. The molecule has 0 radical (unpaired) electrons. The van der Waals surface area contributed by atoms with Crippen molar-refractivity contribution >= 4 is 34.4 Å². The third-order valence-corrected chi connectivity index (χ3v) is 6.47. The number of nitrogens with two attached hydrogens (primary N) is 1. The van der Waals surface area contributed by atoms with Gasteiger partial charge < -0.3 is 20.7 Å². The predicted molar refractivity (Wildman–Crippen MR) is 125 cm³/mol. The number of aromatic amines is 1. The molecular weight excluding hydrogens is 445 g/mol. The van der Waals surface area contributed by atoms with Crippen molar-refractivity contribution in [2.75, 3.05) is 18.9 Å². The maximum atomic E-state index is 13.8. The molecule has 0 saturated carbocycles. The van der Waals surface area contributed by atoms with Crippen molar-refractivity contribution in [3.63, 3.8) is 0 Å². The number of H-pyrrole nitrogens is 1. The maximum absolute atomic E-state index is 13.8. The van der Waals surface area contributed by atoms with Crippen LogP contribution in [-0.4, -0.2) is 50.1 Å². The average molecular weight is 466 g/mol. The maximum Gasteiger partial charge on any atom is 0.257 e. The molecule has 1 unspecified atom stereocenters. The molecule has 1 aliphatic heterocycles. The zero-order chi connectivity index (χ0) is 23.1. The molecular formula is C24H21ClFN5O2. The monoisotopic (exact) mass is 465 g/mol. The van der Waals surface area contributed by atoms with Crippen molar-refractivity contribution in [2.24, 2.45) is 0 Å². The molecule has 1 atom stereocenters. The molecule has 0 aliphatic carbocycles. The molecule has 1 aromatic carbocycles. The quantitative estimate of drug-likeness (QED) is 0.417. The lowest BCUT2D eigenvalue weighted by Crippen LogP contribution is -2.38. The van der Waals surface area contributed by atoms with Crippen LogP contribution in [0.2, 0.25) is 5.02 Å². The number of pyridine rings is 2. The fraction of sp³-hybridized carbons (Fsp3) is 0.208. The van der Waals surface area contributed by atoms with E-state index >= 15 is 0 Å². The van der Waals surface area contributed by atoms with Crippen molar-refractivity contribution in [3.8, 4) is 22.3 Å². The van der Waals surface area contributed by atoms with Crippen LogP contribution in [0.4, 0.5) is 10.2 Å². The number of carbonyl (C=O) groups excluding carboxylic acids is 1. The second-order valence-electron chi connectivity index (χ2n) is 8.06. The SMILES string of the molecule is Nc1ncc(-c2cnc3[nH]cc(-c4cccc(F)c4)c3c2Cl)cc1C(=O)N1CCCC1CO. The minimum atomic E-state index is -0.351. The Kier molecular flexibility index (Phi) is 5.47. The number of hydrogen-bond acceptors (Lipinski definition) is 5. The number of amides is 1. The number of fused-ring (bicyclic) bond motifs is 1. The fourth-order valence-electron chi connectivity index (χ4n) is 4.38. The van der Waals surface area contributed by atoms with Crippen LogP contribution in [0.5, 0.6) is 0 Å². The first-order valence-corrected chi connectivity index (χ1v) is 10.9. The summed E-state index contributed by atoms with van der Waals surface area (Å²) in [5, 5.41) is 10.6. The molecule has 7 nitrogen and oxygen atoms in total. The van der Waals surface area contributed by atoms with Crippen molar-refractivity contribution in [3.05, 3.63) is 65.3 Å². The van der Waals surface area contributed by atoms with E-state index in [0.717, 1.165) is 12.8 Å². The first-order valence-electron chi connectivity index (χ1n) is 10.6. The van der Waals surface area contributed by atoms with Crippen molar-refractivity contribution in [2.45, 2.75) is 18.9 Å². The van der Waals surface area contributed by atoms with Crippen LogP contribution >= 0.6 is 11.6 Å². The van der Waals surface area contributed by atoms with Gasteiger partial charge in [-0.25, -0.2) is 14.4 Å². The number of carbonyl (C=O) groups is 1. The molecule has 1 amide bonds. The van der Waals surface area contributed by atoms with E-state index in [0.29, 0.717) is 44.9 Å². The van der Waals surface area contributed by atoms with E-state index < -0.39 is 0 Å². The minimum absolute atomic E-state index is 0.0957. The van der Waals surface area contributed by atoms with Gasteiger partial charge in [-0.05, 0) is 36.6 Å². The van der Waals surface area contributed by atoms with Gasteiger partial charge in [0.05, 0.1) is 23.2 Å². The zero-order valence-corrected chi connectivity index (χ0v) is 18.3. The molecule has 168 valence electrons. The number of aromatic nitrogens is 3. The van der Waals surface area contributed by atoms with Crippen LogP contribution in [0.25, 0.3) is 33.3 Å². The number of nitrogens with zero attached hydrogens (tertiary/aromatic N) is 3. The van der Waals surface area contributed by atoms with Gasteiger partial charge in [0.25, 0.3) is 5.91 Å². The summed E-state index contributed by atoms with van der Waals surface area (Å²) in [6, 6.07) is 7.67. The van der Waals surface area contributed by atoms with Crippen LogP contribution in [0.3, 0.4) is 0 Å². The summed E-state index contributed by atoms with van der Waals surface area (Å²) in [6.07, 6.45) is 6.46. The van der Waals surface area contributed by atoms with E-state index in [9.17, 15) is 14.3 Å². The number of nitrogens with one attached hydrogen (secondary N) is 1. The molecule has 4 N–H and O–H groups in total. The second-order valence-corrected chi connectivity index (χ2v) is 8.43. The molecule has 4 heterocycles. The minimum Gasteiger partial charge on any atom is -0.394 e. The lowest BCUT2D eigenvalue weighted by Gasteiger charge is -2.23. The highest BCUT2D eigenvalue weighted by Gasteiger charge is 2.30. The van der Waals surface area contributed by atoms with Crippen LogP contribution in [0.15, 0.2) is 48.9 Å². The number of aliphatic hydroxyl groups is 1. The number of rotatable bonds is 4. The fourth-order valence-corrected chi connectivity index (χ4v) is 4.73. The van der Waals surface area contributed by atoms with Gasteiger partial charge >= 0.3 is 0 Å². The molecule has 3 aromatic heterocycles. The Labute approximate surface area is 194 Å². The molecule has 1 saturated heterocycles. The number of nitrogen functional groups attached to an aromatic ring is 1. The second kappa shape index (κ2) is 8.46. The number of aliphatic hydroxyl groups excluding tert-OH is 1. The smallest absolute Gasteiger partial charge is 0.257 e. The van der Waals surface area contributed by atoms with E-state index in [4.69, 9.17) is 17.3 Å². The summed E-state index contributed by atoms with van der Waals surface area (Å²) in [4.78, 5) is 26.6. The van der Waals surface area contributed by atoms with Crippen LogP contribution in [0, 0.1) is 5.82 Å². The van der Waals surface area contributed by atoms with Crippen molar-refractivity contribution in [1.82, 2.24) is 19.9 Å². The molecule has 0 spiro atoms. The van der Waals surface area contributed by atoms with Crippen molar-refractivity contribution in [1.29, 1.82) is 0 Å². The highest BCUT2D eigenvalue weighted by molar-refractivity contribution is 6.39. The summed E-state index contributed by atoms with van der Waals surface area (Å²) in [6.45, 7) is 0.462. The zero-order valence-electron chi connectivity index (χ0n) is 17.6. The third-order valence-electron chi connectivity index (χ3n) is 6.08. The molecule has 1 fully saturated rings. The summed E-state index contributed by atoms with van der Waals surface area (Å²) in [5.41, 5.74) is 9.39. The highest BCUT2D eigenvalue weighted by atomic mass is 35.5. The first-order chi connectivity index (χ1) is 16.0. The van der Waals surface area contributed by atoms with E-state index in [1.165, 1.54) is 12.1 Å². The number of hydrogen-bond donors (Lipinski definition) is 3. The molecule has 5 rings (SSSR count). The number of anilines is 1. The van der Waals surface area contributed by atoms with E-state index in [-0.39, 0.29) is 35.8 Å². The number of likely N-dealkylation sites (tertiary alicyclic amines) is 1. The molecule has 9 heteroatoms. The molecule has 0 bridgehead atoms. The summed E-state index contributed by atoms with van der Waals surface area (Å²) in [7, 11) is 0. The third kappa shape index (κ3) is 3.71. The first kappa shape index (κ1) is 21.4. The predicted octanol–water partition coefficient (Wildman–Crippen LogP) is 4.26. The molecule has 33 heavy (non-hydrogen) atoms. The van der Waals surface area contributed by atoms with Gasteiger partial charge in [-0.15, -0.1) is 0 Å². The van der Waals surface area contributed by atoms with Crippen LogP contribution < -0.4 is 5.73 Å². The number of halogens is 2. The van der Waals surface area contributed by atoms with E-state index in [2.05, 4.69) is 15.0 Å². The molecule has 1 aliphatic rings. The largest absolute Gasteiger partial charge is 0.394 e. The van der Waals surface area contributed by atoms with Gasteiger partial charge in [0.15, 0.2) is 0 Å². The van der Waals surface area contributed by atoms with Gasteiger partial charge in [0.1, 0.15) is 17.3 Å². The standard InChI is InChI=1S/C24H21ClFN5O2/c25-21-19(11-30-23-20(21)18(10-29-23)13-3-1-4-15(26)7-13)14-8-17(22(27)28-9-14)24(33)31-6-2-5-16(31)12-32/h1,3-4,7-11,16,32H,2,5-6,12H2,(H2,27,28)(H,29,30). The van der Waals surface area contributed by atoms with Gasteiger partial charge in [0.2, 0.25) is 0 Å². The Morgan fingerprint density at radius 2 is 2.09 bits per heavy atom. The van der Waals surface area contributed by atoms with Gasteiger partial charge in [-0.1, -0.05) is 23.7 Å². The highest BCUT2D eigenvalue weighted by Crippen LogP contribution is 2.39. The van der Waals surface area contributed by atoms with Gasteiger partial charge in [-0.2, -0.15) is 0 Å². The van der Waals surface area contributed by atoms with Gasteiger partial charge in [-0.3, -0.25) is 4.79 Å². The Balaban J connectivity index is 1.60. The number of benzene rings is 1. The normalized spacial score (nSPS) is 16.0.